The van der Waals surface area contributed by atoms with E-state index >= 15 is 0 Å². The second kappa shape index (κ2) is 11.4. The molecule has 1 amide bonds. The summed E-state index contributed by atoms with van der Waals surface area (Å²) < 4.78 is 2.50. The van der Waals surface area contributed by atoms with Crippen molar-refractivity contribution in [3.63, 3.8) is 0 Å². The molecule has 0 spiro atoms. The highest BCUT2D eigenvalue weighted by Crippen LogP contribution is 2.21. The van der Waals surface area contributed by atoms with Crippen LogP contribution in [-0.4, -0.2) is 27.8 Å². The average molecular weight is 555 g/mol. The average Bonchev–Trinajstić information content (AvgIpc) is 2.75. The Morgan fingerprint density at radius 2 is 1.91 bits per heavy atom. The number of nitrogens with one attached hydrogen (secondary N) is 1. The summed E-state index contributed by atoms with van der Waals surface area (Å²) in [6.45, 7) is 2.29. The molecule has 1 N–H and O–H groups in total. The van der Waals surface area contributed by atoms with E-state index in [1.165, 1.54) is 16.3 Å². The fourth-order valence-electron chi connectivity index (χ4n) is 3.11. The van der Waals surface area contributed by atoms with Crippen LogP contribution in [-0.2, 0) is 24.7 Å². The SMILES string of the molecule is Cc1nc(SCC(=O)NCCc2ccc(Cl)cc2Cl)n(C)c(=O)c1Cc1ccc(Br)cc1. The summed E-state index contributed by atoms with van der Waals surface area (Å²) >= 11 is 16.7. The fourth-order valence-corrected chi connectivity index (χ4v) is 4.72. The van der Waals surface area contributed by atoms with Gasteiger partial charge in [0, 0.05) is 45.8 Å². The van der Waals surface area contributed by atoms with E-state index in [4.69, 9.17) is 23.2 Å². The Morgan fingerprint density at radius 3 is 2.59 bits per heavy atom. The molecule has 0 aliphatic carbocycles. The molecule has 0 aliphatic heterocycles. The standard InChI is InChI=1S/C23H22BrCl2N3O2S/c1-14-19(11-15-3-6-17(24)7-4-15)22(31)29(2)23(28-14)32-13-21(30)27-10-9-16-5-8-18(25)12-20(16)26/h3-8,12H,9-11,13H2,1-2H3,(H,27,30). The number of aryl methyl sites for hydroxylation is 1. The van der Waals surface area contributed by atoms with Crippen LogP contribution >= 0.6 is 50.9 Å². The molecule has 3 rings (SSSR count). The quantitative estimate of drug-likeness (QED) is 0.307. The predicted octanol–water partition coefficient (Wildman–Crippen LogP) is 5.20. The van der Waals surface area contributed by atoms with Crippen molar-refractivity contribution in [2.45, 2.75) is 24.9 Å². The zero-order valence-corrected chi connectivity index (χ0v) is 21.5. The van der Waals surface area contributed by atoms with Crippen molar-refractivity contribution in [1.82, 2.24) is 14.9 Å². The number of halogens is 3. The lowest BCUT2D eigenvalue weighted by Gasteiger charge is -2.12. The molecular weight excluding hydrogens is 533 g/mol. The van der Waals surface area contributed by atoms with Crippen molar-refractivity contribution in [2.75, 3.05) is 12.3 Å². The number of aromatic nitrogens is 2. The normalized spacial score (nSPS) is 10.9. The number of amides is 1. The first-order chi connectivity index (χ1) is 15.2. The lowest BCUT2D eigenvalue weighted by atomic mass is 10.1. The highest BCUT2D eigenvalue weighted by Gasteiger charge is 2.14. The van der Waals surface area contributed by atoms with Crippen LogP contribution in [0, 0.1) is 6.92 Å². The van der Waals surface area contributed by atoms with Crippen molar-refractivity contribution in [2.24, 2.45) is 7.05 Å². The third-order valence-electron chi connectivity index (χ3n) is 4.91. The Kier molecular flexibility index (Phi) is 8.82. The molecule has 0 bridgehead atoms. The zero-order valence-electron chi connectivity index (χ0n) is 17.6. The summed E-state index contributed by atoms with van der Waals surface area (Å²) in [6.07, 6.45) is 1.12. The first-order valence-electron chi connectivity index (χ1n) is 9.89. The summed E-state index contributed by atoms with van der Waals surface area (Å²) in [7, 11) is 1.68. The Hall–Kier alpha value is -1.80. The van der Waals surface area contributed by atoms with E-state index in [1.807, 2.05) is 37.3 Å². The minimum absolute atomic E-state index is 0.0966. The topological polar surface area (TPSA) is 64.0 Å². The Balaban J connectivity index is 1.58. The van der Waals surface area contributed by atoms with Gasteiger partial charge in [-0.3, -0.25) is 14.2 Å². The molecule has 0 unspecified atom stereocenters. The van der Waals surface area contributed by atoms with Crippen LogP contribution in [0.5, 0.6) is 0 Å². The van der Waals surface area contributed by atoms with Gasteiger partial charge in [0.15, 0.2) is 5.16 Å². The van der Waals surface area contributed by atoms with Crippen LogP contribution < -0.4 is 10.9 Å². The molecule has 0 radical (unpaired) electrons. The van der Waals surface area contributed by atoms with Gasteiger partial charge in [0.2, 0.25) is 5.91 Å². The number of rotatable bonds is 8. The Morgan fingerprint density at radius 1 is 1.19 bits per heavy atom. The van der Waals surface area contributed by atoms with Crippen molar-refractivity contribution in [1.29, 1.82) is 0 Å². The molecule has 0 fully saturated rings. The van der Waals surface area contributed by atoms with Crippen molar-refractivity contribution in [3.8, 4) is 0 Å². The van der Waals surface area contributed by atoms with Gasteiger partial charge in [-0.1, -0.05) is 69.1 Å². The van der Waals surface area contributed by atoms with E-state index in [9.17, 15) is 9.59 Å². The number of nitrogens with zero attached hydrogens (tertiary/aromatic N) is 2. The lowest BCUT2D eigenvalue weighted by molar-refractivity contribution is -0.118. The Bertz CT molecular complexity index is 1180. The molecule has 9 heteroatoms. The highest BCUT2D eigenvalue weighted by atomic mass is 79.9. The van der Waals surface area contributed by atoms with Gasteiger partial charge in [-0.05, 0) is 48.7 Å². The molecule has 0 aliphatic rings. The van der Waals surface area contributed by atoms with Crippen LogP contribution in [0.2, 0.25) is 10.0 Å². The third kappa shape index (κ3) is 6.61. The number of benzene rings is 2. The minimum atomic E-state index is -0.133. The first-order valence-corrected chi connectivity index (χ1v) is 12.4. The largest absolute Gasteiger partial charge is 0.355 e. The van der Waals surface area contributed by atoms with Crippen LogP contribution in [0.15, 0.2) is 56.9 Å². The maximum atomic E-state index is 12.9. The van der Waals surface area contributed by atoms with Gasteiger partial charge in [-0.2, -0.15) is 0 Å². The molecule has 0 atom stereocenters. The highest BCUT2D eigenvalue weighted by molar-refractivity contribution is 9.10. The first kappa shape index (κ1) is 24.8. The number of carbonyl (C=O) groups excluding carboxylic acids is 1. The van der Waals surface area contributed by atoms with E-state index in [1.54, 1.807) is 19.2 Å². The molecule has 3 aromatic rings. The monoisotopic (exact) mass is 553 g/mol. The number of hydrogen-bond acceptors (Lipinski definition) is 4. The van der Waals surface area contributed by atoms with Crippen molar-refractivity contribution in [3.05, 3.63) is 89.7 Å². The van der Waals surface area contributed by atoms with E-state index in [0.29, 0.717) is 45.8 Å². The van der Waals surface area contributed by atoms with Crippen molar-refractivity contribution >= 4 is 56.8 Å². The van der Waals surface area contributed by atoms with Crippen LogP contribution in [0.25, 0.3) is 0 Å². The predicted molar refractivity (Wildman–Crippen MR) is 135 cm³/mol. The molecule has 168 valence electrons. The van der Waals surface area contributed by atoms with Gasteiger partial charge in [0.25, 0.3) is 5.56 Å². The summed E-state index contributed by atoms with van der Waals surface area (Å²) in [5.41, 5.74) is 3.20. The minimum Gasteiger partial charge on any atom is -0.355 e. The fraction of sp³-hybridized carbons (Fsp3) is 0.261. The molecule has 5 nitrogen and oxygen atoms in total. The summed E-state index contributed by atoms with van der Waals surface area (Å²) in [5, 5.41) is 4.55. The molecule has 0 saturated carbocycles. The van der Waals surface area contributed by atoms with Crippen LogP contribution in [0.3, 0.4) is 0 Å². The molecule has 1 aromatic heterocycles. The number of thioether (sulfide) groups is 1. The number of carbonyl (C=O) groups is 1. The van der Waals surface area contributed by atoms with Gasteiger partial charge in [-0.25, -0.2) is 4.98 Å². The van der Waals surface area contributed by atoms with E-state index in [0.717, 1.165) is 15.6 Å². The summed E-state index contributed by atoms with van der Waals surface area (Å²) in [5.74, 6) is 0.0334. The maximum Gasteiger partial charge on any atom is 0.257 e. The van der Waals surface area contributed by atoms with E-state index in [2.05, 4.69) is 26.2 Å². The molecule has 2 aromatic carbocycles. The maximum absolute atomic E-state index is 12.9. The summed E-state index contributed by atoms with van der Waals surface area (Å²) in [6, 6.07) is 13.2. The smallest absolute Gasteiger partial charge is 0.257 e. The van der Waals surface area contributed by atoms with Crippen LogP contribution in [0.4, 0.5) is 0 Å². The van der Waals surface area contributed by atoms with Gasteiger partial charge in [0.05, 0.1) is 5.75 Å². The lowest BCUT2D eigenvalue weighted by Crippen LogP contribution is -2.29. The van der Waals surface area contributed by atoms with E-state index in [-0.39, 0.29) is 17.2 Å². The second-order valence-corrected chi connectivity index (χ2v) is 9.95. The zero-order chi connectivity index (χ0) is 23.3. The third-order valence-corrected chi connectivity index (χ3v) is 7.05. The van der Waals surface area contributed by atoms with Gasteiger partial charge in [0.1, 0.15) is 0 Å². The molecule has 0 saturated heterocycles. The van der Waals surface area contributed by atoms with Crippen LogP contribution in [0.1, 0.15) is 22.4 Å². The number of hydrogen-bond donors (Lipinski definition) is 1. The molecule has 1 heterocycles. The second-order valence-electron chi connectivity index (χ2n) is 7.25. The van der Waals surface area contributed by atoms with Gasteiger partial charge < -0.3 is 5.32 Å². The van der Waals surface area contributed by atoms with Gasteiger partial charge >= 0.3 is 0 Å². The Labute approximate surface area is 209 Å². The van der Waals surface area contributed by atoms with E-state index < -0.39 is 0 Å². The summed E-state index contributed by atoms with van der Waals surface area (Å²) in [4.78, 5) is 29.7. The van der Waals surface area contributed by atoms with Gasteiger partial charge in [-0.15, -0.1) is 0 Å². The molecular formula is C23H22BrCl2N3O2S. The van der Waals surface area contributed by atoms with Crippen molar-refractivity contribution < 1.29 is 4.79 Å². The molecule has 32 heavy (non-hydrogen) atoms.